The molecule has 116 valence electrons. The molecule has 0 saturated carbocycles. The molecule has 0 aliphatic heterocycles. The van der Waals surface area contributed by atoms with Crippen molar-refractivity contribution in [2.45, 2.75) is 26.7 Å². The van der Waals surface area contributed by atoms with E-state index in [4.69, 9.17) is 29.2 Å². The lowest BCUT2D eigenvalue weighted by atomic mass is 10.3. The molecule has 0 radical (unpaired) electrons. The monoisotopic (exact) mass is 326 g/mol. The van der Waals surface area contributed by atoms with Gasteiger partial charge in [-0.25, -0.2) is 0 Å². The Bertz CT molecular complexity index is 451. The van der Waals surface area contributed by atoms with E-state index in [1.54, 1.807) is 0 Å². The lowest BCUT2D eigenvalue weighted by Gasteiger charge is -2.14. The van der Waals surface area contributed by atoms with Crippen LogP contribution in [0.2, 0.25) is 0 Å². The summed E-state index contributed by atoms with van der Waals surface area (Å²) in [4.78, 5) is 0. The summed E-state index contributed by atoms with van der Waals surface area (Å²) in [7, 11) is 0. The molecule has 0 aromatic heterocycles. The number of unbranched alkanes of at least 4 members (excludes halogenated alkanes) is 1. The second-order valence-electron chi connectivity index (χ2n) is 4.27. The highest BCUT2D eigenvalue weighted by Gasteiger charge is 1.99. The molecular weight excluding hydrogens is 304 g/mol. The molecule has 1 aromatic carbocycles. The van der Waals surface area contributed by atoms with Crippen LogP contribution in [0, 0.1) is 0 Å². The van der Waals surface area contributed by atoms with Gasteiger partial charge in [0.15, 0.2) is 10.2 Å². The molecule has 0 fully saturated rings. The van der Waals surface area contributed by atoms with Gasteiger partial charge in [0.05, 0.1) is 6.61 Å². The van der Waals surface area contributed by atoms with Crippen molar-refractivity contribution in [3.63, 3.8) is 0 Å². The normalized spacial score (nSPS) is 9.62. The molecule has 0 saturated heterocycles. The highest BCUT2D eigenvalue weighted by atomic mass is 32.1. The second kappa shape index (κ2) is 10.2. The topological polar surface area (TPSA) is 57.3 Å². The van der Waals surface area contributed by atoms with Gasteiger partial charge in [-0.05, 0) is 62.0 Å². The fraction of sp³-hybridized carbons (Fsp3) is 0.429. The molecular formula is C14H22N4OS2. The van der Waals surface area contributed by atoms with Crippen LogP contribution in [0.3, 0.4) is 0 Å². The minimum atomic E-state index is 0.443. The number of nitrogens with one attached hydrogen (secondary N) is 4. The summed E-state index contributed by atoms with van der Waals surface area (Å²) in [6, 6.07) is 7.57. The molecule has 0 spiro atoms. The number of hydrogen-bond acceptors (Lipinski definition) is 3. The highest BCUT2D eigenvalue weighted by molar-refractivity contribution is 7.80. The maximum absolute atomic E-state index is 5.38. The maximum Gasteiger partial charge on any atom is 0.189 e. The van der Waals surface area contributed by atoms with Gasteiger partial charge in [-0.3, -0.25) is 10.9 Å². The van der Waals surface area contributed by atoms with Crippen LogP contribution >= 0.6 is 24.4 Å². The molecule has 5 nitrogen and oxygen atoms in total. The quantitative estimate of drug-likeness (QED) is 0.364. The van der Waals surface area contributed by atoms with Crippen LogP contribution in [0.5, 0.6) is 5.75 Å². The van der Waals surface area contributed by atoms with Gasteiger partial charge in [0.25, 0.3) is 0 Å². The van der Waals surface area contributed by atoms with Crippen molar-refractivity contribution >= 4 is 40.3 Å². The summed E-state index contributed by atoms with van der Waals surface area (Å²) in [5.74, 6) is 0.835. The van der Waals surface area contributed by atoms with Crippen molar-refractivity contribution in [3.8, 4) is 5.75 Å². The van der Waals surface area contributed by atoms with E-state index in [2.05, 4.69) is 28.4 Å². The standard InChI is InChI=1S/C14H22N4OS2/c1-3-5-10-15-13(20)17-18-14(21)16-11-6-8-12(9-7-11)19-4-2/h6-9H,3-5,10H2,1-2H3,(H2,15,17,20)(H2,16,18,21). The Morgan fingerprint density at radius 1 is 1.05 bits per heavy atom. The number of rotatable bonds is 6. The fourth-order valence-corrected chi connectivity index (χ4v) is 1.82. The number of ether oxygens (including phenoxy) is 1. The third-order valence-electron chi connectivity index (χ3n) is 2.53. The third-order valence-corrected chi connectivity index (χ3v) is 2.98. The Kier molecular flexibility index (Phi) is 8.45. The van der Waals surface area contributed by atoms with Crippen molar-refractivity contribution in [1.29, 1.82) is 0 Å². The minimum absolute atomic E-state index is 0.443. The summed E-state index contributed by atoms with van der Waals surface area (Å²) in [6.07, 6.45) is 2.21. The molecule has 7 heteroatoms. The van der Waals surface area contributed by atoms with Crippen LogP contribution < -0.4 is 26.2 Å². The van der Waals surface area contributed by atoms with Crippen molar-refractivity contribution < 1.29 is 4.74 Å². The summed E-state index contributed by atoms with van der Waals surface area (Å²) < 4.78 is 5.38. The summed E-state index contributed by atoms with van der Waals surface area (Å²) >= 11 is 10.3. The Morgan fingerprint density at radius 2 is 1.71 bits per heavy atom. The molecule has 4 N–H and O–H groups in total. The van der Waals surface area contributed by atoms with Gasteiger partial charge in [-0.2, -0.15) is 0 Å². The Morgan fingerprint density at radius 3 is 2.33 bits per heavy atom. The van der Waals surface area contributed by atoms with Gasteiger partial charge in [0, 0.05) is 12.2 Å². The van der Waals surface area contributed by atoms with Crippen molar-refractivity contribution in [1.82, 2.24) is 16.2 Å². The summed E-state index contributed by atoms with van der Waals surface area (Å²) in [6.45, 7) is 5.59. The molecule has 0 unspecified atom stereocenters. The van der Waals surface area contributed by atoms with Gasteiger partial charge >= 0.3 is 0 Å². The van der Waals surface area contributed by atoms with Crippen LogP contribution in [0.25, 0.3) is 0 Å². The second-order valence-corrected chi connectivity index (χ2v) is 5.09. The zero-order valence-electron chi connectivity index (χ0n) is 12.4. The fourth-order valence-electron chi connectivity index (χ4n) is 1.50. The van der Waals surface area contributed by atoms with Gasteiger partial charge in [-0.15, -0.1) is 0 Å². The van der Waals surface area contributed by atoms with Gasteiger partial charge in [0.1, 0.15) is 5.75 Å². The van der Waals surface area contributed by atoms with E-state index < -0.39 is 0 Å². The summed E-state index contributed by atoms with van der Waals surface area (Å²) in [5, 5.41) is 7.10. The third kappa shape index (κ3) is 7.67. The molecule has 0 atom stereocenters. The Hall–Kier alpha value is -1.60. The van der Waals surface area contributed by atoms with E-state index in [1.807, 2.05) is 31.2 Å². The minimum Gasteiger partial charge on any atom is -0.494 e. The largest absolute Gasteiger partial charge is 0.494 e. The number of hydrogen-bond donors (Lipinski definition) is 4. The Labute approximate surface area is 136 Å². The van der Waals surface area contributed by atoms with E-state index in [0.29, 0.717) is 16.8 Å². The lowest BCUT2D eigenvalue weighted by molar-refractivity contribution is 0.340. The SMILES string of the molecule is CCCCNC(=S)NNC(=S)Nc1ccc(OCC)cc1. The predicted octanol–water partition coefficient (Wildman–Crippen LogP) is 2.55. The molecule has 0 amide bonds. The number of hydrazine groups is 1. The van der Waals surface area contributed by atoms with E-state index in [-0.39, 0.29) is 0 Å². The van der Waals surface area contributed by atoms with Gasteiger partial charge in [-0.1, -0.05) is 13.3 Å². The van der Waals surface area contributed by atoms with Crippen LogP contribution in [-0.2, 0) is 0 Å². The Balaban J connectivity index is 2.28. The van der Waals surface area contributed by atoms with Crippen LogP contribution in [0.4, 0.5) is 5.69 Å². The van der Waals surface area contributed by atoms with E-state index in [1.165, 1.54) is 0 Å². The zero-order valence-corrected chi connectivity index (χ0v) is 14.0. The number of thiocarbonyl (C=S) groups is 2. The molecule has 0 heterocycles. The first-order valence-corrected chi connectivity index (χ1v) is 7.81. The maximum atomic E-state index is 5.38. The highest BCUT2D eigenvalue weighted by Crippen LogP contribution is 2.15. The average molecular weight is 326 g/mol. The molecule has 1 aromatic rings. The van der Waals surface area contributed by atoms with E-state index >= 15 is 0 Å². The lowest BCUT2D eigenvalue weighted by Crippen LogP contribution is -2.48. The first-order valence-electron chi connectivity index (χ1n) is 6.99. The molecule has 0 aliphatic carbocycles. The first kappa shape index (κ1) is 17.5. The molecule has 1 rings (SSSR count). The summed E-state index contributed by atoms with van der Waals surface area (Å²) in [5.41, 5.74) is 6.55. The van der Waals surface area contributed by atoms with E-state index in [9.17, 15) is 0 Å². The van der Waals surface area contributed by atoms with Crippen LogP contribution in [-0.4, -0.2) is 23.4 Å². The first-order chi connectivity index (χ1) is 10.2. The number of benzene rings is 1. The predicted molar refractivity (Wildman–Crippen MR) is 95.6 cm³/mol. The van der Waals surface area contributed by atoms with Crippen LogP contribution in [0.1, 0.15) is 26.7 Å². The number of anilines is 1. The molecule has 21 heavy (non-hydrogen) atoms. The zero-order chi connectivity index (χ0) is 15.5. The average Bonchev–Trinajstić information content (AvgIpc) is 2.48. The molecule has 0 bridgehead atoms. The van der Waals surface area contributed by atoms with Crippen molar-refractivity contribution in [2.24, 2.45) is 0 Å². The van der Waals surface area contributed by atoms with Gasteiger partial charge < -0.3 is 15.4 Å². The van der Waals surface area contributed by atoms with Gasteiger partial charge in [0.2, 0.25) is 0 Å². The molecule has 0 aliphatic rings. The van der Waals surface area contributed by atoms with E-state index in [0.717, 1.165) is 30.8 Å². The van der Waals surface area contributed by atoms with Crippen LogP contribution in [0.15, 0.2) is 24.3 Å². The smallest absolute Gasteiger partial charge is 0.189 e. The van der Waals surface area contributed by atoms with Crippen molar-refractivity contribution in [2.75, 3.05) is 18.5 Å². The van der Waals surface area contributed by atoms with Crippen molar-refractivity contribution in [3.05, 3.63) is 24.3 Å².